The molecule has 0 aliphatic carbocycles. The van der Waals surface area contributed by atoms with Crippen LogP contribution in [0.25, 0.3) is 0 Å². The molecule has 0 saturated carbocycles. The monoisotopic (exact) mass is 250 g/mol. The Morgan fingerprint density at radius 1 is 1.39 bits per heavy atom. The fourth-order valence-electron chi connectivity index (χ4n) is 1.98. The van der Waals surface area contributed by atoms with Crippen LogP contribution in [0.5, 0.6) is 0 Å². The first-order valence-corrected chi connectivity index (χ1v) is 5.96. The summed E-state index contributed by atoms with van der Waals surface area (Å²) >= 11 is 0. The molecule has 4 nitrogen and oxygen atoms in total. The number of nitrogen functional groups attached to an aromatic ring is 1. The first-order chi connectivity index (χ1) is 8.11. The molecule has 0 radical (unpaired) electrons. The van der Waals surface area contributed by atoms with Gasteiger partial charge in [-0.1, -0.05) is 20.8 Å². The predicted octanol–water partition coefficient (Wildman–Crippen LogP) is 2.76. The van der Waals surface area contributed by atoms with E-state index in [1.54, 1.807) is 6.07 Å². The van der Waals surface area contributed by atoms with Crippen LogP contribution in [0.1, 0.15) is 36.7 Å². The van der Waals surface area contributed by atoms with Crippen molar-refractivity contribution in [2.45, 2.75) is 27.7 Å². The standard InChI is InChI=1S/C14H22N2O2/c1-9-6-10(16(5)8-14(2,3)4)7-11(12(9)15)13(17)18/h6-7H,8,15H2,1-5H3,(H,17,18). The van der Waals surface area contributed by atoms with Gasteiger partial charge in [-0.3, -0.25) is 0 Å². The minimum Gasteiger partial charge on any atom is -0.478 e. The van der Waals surface area contributed by atoms with Crippen molar-refractivity contribution in [1.82, 2.24) is 0 Å². The third kappa shape index (κ3) is 3.39. The Morgan fingerprint density at radius 3 is 2.39 bits per heavy atom. The molecule has 4 heteroatoms. The van der Waals surface area contributed by atoms with E-state index in [0.717, 1.165) is 17.8 Å². The van der Waals surface area contributed by atoms with Crippen LogP contribution in [-0.2, 0) is 0 Å². The van der Waals surface area contributed by atoms with Crippen molar-refractivity contribution in [3.05, 3.63) is 23.3 Å². The molecule has 0 amide bonds. The molecule has 3 N–H and O–H groups in total. The van der Waals surface area contributed by atoms with Gasteiger partial charge in [-0.2, -0.15) is 0 Å². The topological polar surface area (TPSA) is 66.6 Å². The fraction of sp³-hybridized carbons (Fsp3) is 0.500. The summed E-state index contributed by atoms with van der Waals surface area (Å²) in [7, 11) is 1.96. The quantitative estimate of drug-likeness (QED) is 0.809. The van der Waals surface area contributed by atoms with Gasteiger partial charge in [0.25, 0.3) is 0 Å². The van der Waals surface area contributed by atoms with Gasteiger partial charge in [-0.15, -0.1) is 0 Å². The number of nitrogens with two attached hydrogens (primary N) is 1. The van der Waals surface area contributed by atoms with E-state index in [1.807, 2.05) is 20.0 Å². The fourth-order valence-corrected chi connectivity index (χ4v) is 1.98. The summed E-state index contributed by atoms with van der Waals surface area (Å²) in [5.41, 5.74) is 8.12. The first kappa shape index (κ1) is 14.4. The van der Waals surface area contributed by atoms with Crippen LogP contribution in [0, 0.1) is 12.3 Å². The van der Waals surface area contributed by atoms with Gasteiger partial charge >= 0.3 is 5.97 Å². The molecule has 1 aromatic rings. The van der Waals surface area contributed by atoms with Gasteiger partial charge in [0.2, 0.25) is 0 Å². The van der Waals surface area contributed by atoms with E-state index < -0.39 is 5.97 Å². The second-order valence-electron chi connectivity index (χ2n) is 5.95. The molecule has 0 bridgehead atoms. The SMILES string of the molecule is Cc1cc(N(C)CC(C)(C)C)cc(C(=O)O)c1N. The third-order valence-corrected chi connectivity index (χ3v) is 2.75. The van der Waals surface area contributed by atoms with E-state index in [-0.39, 0.29) is 11.0 Å². The lowest BCUT2D eigenvalue weighted by molar-refractivity contribution is 0.0698. The van der Waals surface area contributed by atoms with Crippen molar-refractivity contribution in [2.75, 3.05) is 24.2 Å². The summed E-state index contributed by atoms with van der Waals surface area (Å²) in [4.78, 5) is 13.2. The second kappa shape index (κ2) is 4.88. The summed E-state index contributed by atoms with van der Waals surface area (Å²) < 4.78 is 0. The average molecular weight is 250 g/mol. The first-order valence-electron chi connectivity index (χ1n) is 5.96. The lowest BCUT2D eigenvalue weighted by Gasteiger charge is -2.29. The number of aryl methyl sites for hydroxylation is 1. The molecule has 0 atom stereocenters. The van der Waals surface area contributed by atoms with Crippen LogP contribution in [0.2, 0.25) is 0 Å². The maximum absolute atomic E-state index is 11.1. The van der Waals surface area contributed by atoms with Crippen LogP contribution in [0.4, 0.5) is 11.4 Å². The Bertz CT molecular complexity index is 462. The highest BCUT2D eigenvalue weighted by Crippen LogP contribution is 2.27. The van der Waals surface area contributed by atoms with E-state index in [9.17, 15) is 4.79 Å². The lowest BCUT2D eigenvalue weighted by Crippen LogP contribution is -2.29. The zero-order valence-electron chi connectivity index (χ0n) is 11.7. The molecule has 1 aromatic carbocycles. The number of benzene rings is 1. The lowest BCUT2D eigenvalue weighted by atomic mass is 9.95. The van der Waals surface area contributed by atoms with Crippen molar-refractivity contribution < 1.29 is 9.90 Å². The molecule has 1 rings (SSSR count). The molecule has 0 spiro atoms. The highest BCUT2D eigenvalue weighted by Gasteiger charge is 2.17. The largest absolute Gasteiger partial charge is 0.478 e. The zero-order valence-corrected chi connectivity index (χ0v) is 11.7. The normalized spacial score (nSPS) is 11.4. The minimum absolute atomic E-state index is 0.146. The van der Waals surface area contributed by atoms with Crippen LogP contribution < -0.4 is 10.6 Å². The second-order valence-corrected chi connectivity index (χ2v) is 5.95. The smallest absolute Gasteiger partial charge is 0.337 e. The Kier molecular flexibility index (Phi) is 3.89. The van der Waals surface area contributed by atoms with Crippen LogP contribution in [0.3, 0.4) is 0 Å². The van der Waals surface area contributed by atoms with E-state index in [1.165, 1.54) is 0 Å². The number of anilines is 2. The van der Waals surface area contributed by atoms with Crippen molar-refractivity contribution in [1.29, 1.82) is 0 Å². The summed E-state index contributed by atoms with van der Waals surface area (Å²) in [5, 5.41) is 9.13. The molecule has 0 heterocycles. The highest BCUT2D eigenvalue weighted by molar-refractivity contribution is 5.95. The number of rotatable bonds is 3. The summed E-state index contributed by atoms with van der Waals surface area (Å²) in [5.74, 6) is -0.985. The number of hydrogen-bond donors (Lipinski definition) is 2. The molecule has 0 aliphatic heterocycles. The number of carboxylic acid groups (broad SMARTS) is 1. The third-order valence-electron chi connectivity index (χ3n) is 2.75. The van der Waals surface area contributed by atoms with Crippen molar-refractivity contribution >= 4 is 17.3 Å². The van der Waals surface area contributed by atoms with E-state index in [2.05, 4.69) is 25.7 Å². The molecule has 0 aromatic heterocycles. The Balaban J connectivity index is 3.15. The van der Waals surface area contributed by atoms with Crippen molar-refractivity contribution in [3.8, 4) is 0 Å². The molecule has 18 heavy (non-hydrogen) atoms. The molecular weight excluding hydrogens is 228 g/mol. The van der Waals surface area contributed by atoms with Gasteiger partial charge in [-0.05, 0) is 30.0 Å². The molecule has 0 aliphatic rings. The zero-order chi connectivity index (χ0) is 14.1. The van der Waals surface area contributed by atoms with Crippen LogP contribution in [-0.4, -0.2) is 24.7 Å². The number of carboxylic acids is 1. The Hall–Kier alpha value is -1.71. The summed E-state index contributed by atoms with van der Waals surface area (Å²) in [6.45, 7) is 9.11. The number of aromatic carboxylic acids is 1. The van der Waals surface area contributed by atoms with E-state index >= 15 is 0 Å². The number of carbonyl (C=O) groups is 1. The summed E-state index contributed by atoms with van der Waals surface area (Å²) in [6, 6.07) is 3.56. The predicted molar refractivity (Wildman–Crippen MR) is 75.3 cm³/mol. The minimum atomic E-state index is -0.985. The van der Waals surface area contributed by atoms with E-state index in [4.69, 9.17) is 10.8 Å². The number of hydrogen-bond acceptors (Lipinski definition) is 3. The van der Waals surface area contributed by atoms with Gasteiger partial charge in [0, 0.05) is 25.0 Å². The highest BCUT2D eigenvalue weighted by atomic mass is 16.4. The molecule has 100 valence electrons. The molecular formula is C14H22N2O2. The number of nitrogens with zero attached hydrogens (tertiary/aromatic N) is 1. The Labute approximate surface area is 108 Å². The Morgan fingerprint density at radius 2 is 1.94 bits per heavy atom. The van der Waals surface area contributed by atoms with Crippen LogP contribution >= 0.6 is 0 Å². The van der Waals surface area contributed by atoms with Gasteiger partial charge in [0.1, 0.15) is 0 Å². The maximum atomic E-state index is 11.1. The summed E-state index contributed by atoms with van der Waals surface area (Å²) in [6.07, 6.45) is 0. The maximum Gasteiger partial charge on any atom is 0.337 e. The van der Waals surface area contributed by atoms with Crippen molar-refractivity contribution in [3.63, 3.8) is 0 Å². The van der Waals surface area contributed by atoms with Gasteiger partial charge in [0.15, 0.2) is 0 Å². The molecule has 0 fully saturated rings. The van der Waals surface area contributed by atoms with Crippen molar-refractivity contribution in [2.24, 2.45) is 5.41 Å². The van der Waals surface area contributed by atoms with Gasteiger partial charge < -0.3 is 15.7 Å². The molecule has 0 unspecified atom stereocenters. The molecule has 0 saturated heterocycles. The van der Waals surface area contributed by atoms with Gasteiger partial charge in [-0.25, -0.2) is 4.79 Å². The average Bonchev–Trinajstić information content (AvgIpc) is 2.18. The van der Waals surface area contributed by atoms with E-state index in [0.29, 0.717) is 5.69 Å². The van der Waals surface area contributed by atoms with Crippen LogP contribution in [0.15, 0.2) is 12.1 Å². The van der Waals surface area contributed by atoms with Gasteiger partial charge in [0.05, 0.1) is 5.56 Å².